The van der Waals surface area contributed by atoms with E-state index in [4.69, 9.17) is 5.11 Å². The highest BCUT2D eigenvalue weighted by Gasteiger charge is 2.16. The Balaban J connectivity index is 1.83. The number of aliphatic hydroxyl groups excluding tert-OH is 1. The number of hydrogen-bond donors (Lipinski definition) is 2. The second kappa shape index (κ2) is 11.2. The van der Waals surface area contributed by atoms with E-state index in [1.807, 2.05) is 0 Å². The van der Waals surface area contributed by atoms with Gasteiger partial charge in [0, 0.05) is 36.1 Å². The van der Waals surface area contributed by atoms with Crippen molar-refractivity contribution in [2.45, 2.75) is 26.2 Å². The lowest BCUT2D eigenvalue weighted by molar-refractivity contribution is -0.124. The van der Waals surface area contributed by atoms with Crippen LogP contribution in [0.2, 0.25) is 0 Å². The number of ether oxygens (including phenoxy) is 2. The molecule has 8 nitrogen and oxygen atoms in total. The Morgan fingerprint density at radius 2 is 1.76 bits per heavy atom. The fraction of sp³-hybridized carbons (Fsp3) is 0.238. The highest BCUT2D eigenvalue weighted by Crippen LogP contribution is 2.31. The largest absolute Gasteiger partial charge is 0.432 e. The molecule has 0 atom stereocenters. The fourth-order valence-electron chi connectivity index (χ4n) is 2.81. The molecule has 3 aromatic rings. The number of nitrogens with zero attached hydrogens (tertiary/aromatic N) is 3. The molecular formula is C21H18F4N4O4. The first kappa shape index (κ1) is 23.9. The van der Waals surface area contributed by atoms with Crippen LogP contribution >= 0.6 is 0 Å². The van der Waals surface area contributed by atoms with Crippen molar-refractivity contribution in [2.24, 2.45) is 0 Å². The van der Waals surface area contributed by atoms with Gasteiger partial charge in [-0.2, -0.15) is 17.6 Å². The average molecular weight is 466 g/mol. The maximum atomic E-state index is 12.9. The Morgan fingerprint density at radius 1 is 1.00 bits per heavy atom. The molecule has 0 unspecified atom stereocenters. The fourth-order valence-corrected chi connectivity index (χ4v) is 2.81. The number of aliphatic hydroxyl groups is 1. The number of alkyl halides is 4. The summed E-state index contributed by atoms with van der Waals surface area (Å²) in [5, 5.41) is 11.2. The van der Waals surface area contributed by atoms with Crippen molar-refractivity contribution in [3.8, 4) is 22.9 Å². The Bertz CT molecular complexity index is 1080. The molecule has 0 aliphatic carbocycles. The first-order valence-electron chi connectivity index (χ1n) is 9.51. The smallest absolute Gasteiger partial charge is 0.388 e. The molecule has 174 valence electrons. The van der Waals surface area contributed by atoms with Crippen molar-refractivity contribution in [3.63, 3.8) is 0 Å². The van der Waals surface area contributed by atoms with E-state index < -0.39 is 31.6 Å². The van der Waals surface area contributed by atoms with Crippen LogP contribution in [0.1, 0.15) is 17.0 Å². The van der Waals surface area contributed by atoms with Crippen LogP contribution in [0.25, 0.3) is 11.3 Å². The average Bonchev–Trinajstić information content (AvgIpc) is 2.78. The predicted molar refractivity (Wildman–Crippen MR) is 107 cm³/mol. The summed E-state index contributed by atoms with van der Waals surface area (Å²) in [6.45, 7) is -6.69. The Hall–Kier alpha value is -3.80. The molecule has 3 rings (SSSR count). The number of rotatable bonds is 10. The summed E-state index contributed by atoms with van der Waals surface area (Å²) >= 11 is 0. The van der Waals surface area contributed by atoms with Crippen LogP contribution < -0.4 is 14.8 Å². The number of pyridine rings is 3. The second-order valence-electron chi connectivity index (χ2n) is 6.56. The second-order valence-corrected chi connectivity index (χ2v) is 6.56. The Morgan fingerprint density at radius 3 is 2.42 bits per heavy atom. The van der Waals surface area contributed by atoms with Gasteiger partial charge in [-0.25, -0.2) is 9.97 Å². The zero-order valence-corrected chi connectivity index (χ0v) is 16.9. The van der Waals surface area contributed by atoms with Gasteiger partial charge in [0.05, 0.1) is 12.2 Å². The third-order valence-corrected chi connectivity index (χ3v) is 4.23. The molecule has 3 aromatic heterocycles. The maximum Gasteiger partial charge on any atom is 0.388 e. The molecule has 0 spiro atoms. The SMILES string of the molecule is O=C(CO)NCc1ccc(Cc2ccc(OC(F)F)c(-c3ccnc(OC(F)F)c3)n2)cn1. The van der Waals surface area contributed by atoms with E-state index in [0.717, 1.165) is 11.6 Å². The van der Waals surface area contributed by atoms with Gasteiger partial charge in [0.25, 0.3) is 0 Å². The van der Waals surface area contributed by atoms with Gasteiger partial charge in [-0.05, 0) is 29.8 Å². The molecule has 3 heterocycles. The van der Waals surface area contributed by atoms with Crippen LogP contribution in [-0.2, 0) is 17.8 Å². The number of carbonyl (C=O) groups excluding carboxylic acids is 1. The number of aromatic nitrogens is 3. The highest BCUT2D eigenvalue weighted by molar-refractivity contribution is 5.76. The molecule has 0 aliphatic rings. The Labute approximate surface area is 185 Å². The van der Waals surface area contributed by atoms with Crippen LogP contribution in [-0.4, -0.2) is 45.8 Å². The molecule has 33 heavy (non-hydrogen) atoms. The first-order chi connectivity index (χ1) is 15.8. The van der Waals surface area contributed by atoms with Gasteiger partial charge in [0.1, 0.15) is 12.3 Å². The quantitative estimate of drug-likeness (QED) is 0.443. The number of amides is 1. The van der Waals surface area contributed by atoms with Gasteiger partial charge >= 0.3 is 13.2 Å². The van der Waals surface area contributed by atoms with Gasteiger partial charge in [-0.3, -0.25) is 9.78 Å². The summed E-state index contributed by atoms with van der Waals surface area (Å²) in [7, 11) is 0. The molecule has 2 N–H and O–H groups in total. The standard InChI is InChI=1S/C21H18F4N4O4/c22-20(23)32-16-4-3-14(7-12-1-2-15(27-9-12)10-28-17(31)11-30)29-19(16)13-5-6-26-18(8-13)33-21(24)25/h1-6,8-9,20-21,30H,7,10-11H2,(H,28,31). The molecule has 0 saturated heterocycles. The summed E-state index contributed by atoms with van der Waals surface area (Å²) in [5.41, 5.74) is 1.99. The van der Waals surface area contributed by atoms with Gasteiger partial charge in [-0.15, -0.1) is 0 Å². The van der Waals surface area contributed by atoms with E-state index in [2.05, 4.69) is 29.7 Å². The van der Waals surface area contributed by atoms with Crippen molar-refractivity contribution in [2.75, 3.05) is 6.61 Å². The maximum absolute atomic E-state index is 12.9. The van der Waals surface area contributed by atoms with Crippen LogP contribution in [0.15, 0.2) is 48.8 Å². The molecule has 1 amide bonds. The molecule has 0 fully saturated rings. The molecule has 0 aliphatic heterocycles. The van der Waals surface area contributed by atoms with Crippen molar-refractivity contribution in [3.05, 3.63) is 65.7 Å². The summed E-state index contributed by atoms with van der Waals surface area (Å²) in [4.78, 5) is 23.3. The van der Waals surface area contributed by atoms with Crippen molar-refractivity contribution < 1.29 is 36.9 Å². The normalized spacial score (nSPS) is 11.0. The number of halogens is 4. The summed E-state index contributed by atoms with van der Waals surface area (Å²) < 4.78 is 59.5. The third kappa shape index (κ3) is 7.10. The van der Waals surface area contributed by atoms with E-state index in [1.165, 1.54) is 24.4 Å². The van der Waals surface area contributed by atoms with E-state index >= 15 is 0 Å². The van der Waals surface area contributed by atoms with Crippen LogP contribution in [0.5, 0.6) is 11.6 Å². The lowest BCUT2D eigenvalue weighted by Crippen LogP contribution is -2.25. The van der Waals surface area contributed by atoms with Gasteiger partial charge in [-0.1, -0.05) is 6.07 Å². The monoisotopic (exact) mass is 466 g/mol. The van der Waals surface area contributed by atoms with Crippen molar-refractivity contribution in [1.82, 2.24) is 20.3 Å². The summed E-state index contributed by atoms with van der Waals surface area (Å²) in [6, 6.07) is 8.78. The van der Waals surface area contributed by atoms with Gasteiger partial charge in [0.15, 0.2) is 5.75 Å². The minimum absolute atomic E-state index is 0.00520. The lowest BCUT2D eigenvalue weighted by Gasteiger charge is -2.13. The molecule has 12 heteroatoms. The summed E-state index contributed by atoms with van der Waals surface area (Å²) in [5.74, 6) is -1.16. The van der Waals surface area contributed by atoms with Crippen LogP contribution in [0, 0.1) is 0 Å². The van der Waals surface area contributed by atoms with E-state index in [9.17, 15) is 22.4 Å². The van der Waals surface area contributed by atoms with Crippen molar-refractivity contribution in [1.29, 1.82) is 0 Å². The number of carbonyl (C=O) groups is 1. The van der Waals surface area contributed by atoms with E-state index in [0.29, 0.717) is 11.4 Å². The van der Waals surface area contributed by atoms with E-state index in [-0.39, 0.29) is 30.0 Å². The minimum atomic E-state index is -3.11. The first-order valence-corrected chi connectivity index (χ1v) is 9.51. The predicted octanol–water partition coefficient (Wildman–Crippen LogP) is 2.94. The van der Waals surface area contributed by atoms with Crippen molar-refractivity contribution >= 4 is 5.91 Å². The van der Waals surface area contributed by atoms with Crippen LogP contribution in [0.3, 0.4) is 0 Å². The highest BCUT2D eigenvalue weighted by atomic mass is 19.3. The minimum Gasteiger partial charge on any atom is -0.432 e. The molecule has 0 bridgehead atoms. The van der Waals surface area contributed by atoms with E-state index in [1.54, 1.807) is 18.3 Å². The number of nitrogens with one attached hydrogen (secondary N) is 1. The van der Waals surface area contributed by atoms with Gasteiger partial charge < -0.3 is 19.9 Å². The topological polar surface area (TPSA) is 106 Å². The van der Waals surface area contributed by atoms with Gasteiger partial charge in [0.2, 0.25) is 11.8 Å². The number of hydrogen-bond acceptors (Lipinski definition) is 7. The zero-order valence-electron chi connectivity index (χ0n) is 16.9. The summed E-state index contributed by atoms with van der Waals surface area (Å²) in [6.07, 6.45) is 3.03. The zero-order chi connectivity index (χ0) is 23.8. The molecule has 0 radical (unpaired) electrons. The molecule has 0 aromatic carbocycles. The molecular weight excluding hydrogens is 448 g/mol. The Kier molecular flexibility index (Phi) is 8.08. The lowest BCUT2D eigenvalue weighted by atomic mass is 10.1. The third-order valence-electron chi connectivity index (χ3n) is 4.23. The van der Waals surface area contributed by atoms with Crippen LogP contribution in [0.4, 0.5) is 17.6 Å². The molecule has 0 saturated carbocycles.